The molecule has 2 aromatic carbocycles. The van der Waals surface area contributed by atoms with E-state index in [0.717, 1.165) is 47.4 Å². The molecule has 0 saturated carbocycles. The second-order valence-corrected chi connectivity index (χ2v) is 9.45. The largest absolute Gasteiger partial charge is 0.490 e. The Morgan fingerprint density at radius 2 is 1.91 bits per heavy atom. The van der Waals surface area contributed by atoms with Crippen molar-refractivity contribution in [2.24, 2.45) is 0 Å². The molecular formula is C27H35N2O3+. The summed E-state index contributed by atoms with van der Waals surface area (Å²) in [6.45, 7) is 7.35. The number of likely N-dealkylation sites (N-methyl/N-ethyl adjacent to an activating group) is 1. The summed E-state index contributed by atoms with van der Waals surface area (Å²) < 4.78 is 6.96. The van der Waals surface area contributed by atoms with E-state index in [1.807, 2.05) is 18.2 Å². The van der Waals surface area contributed by atoms with Crippen LogP contribution in [-0.4, -0.2) is 61.4 Å². The summed E-state index contributed by atoms with van der Waals surface area (Å²) in [6, 6.07) is 16.6. The van der Waals surface area contributed by atoms with Gasteiger partial charge in [-0.1, -0.05) is 42.5 Å². The summed E-state index contributed by atoms with van der Waals surface area (Å²) in [6.07, 6.45) is 4.65. The lowest BCUT2D eigenvalue weighted by atomic mass is 9.88. The number of fused-ring (bicyclic) bond motifs is 1. The first-order valence-corrected chi connectivity index (χ1v) is 11.7. The summed E-state index contributed by atoms with van der Waals surface area (Å²) in [5.41, 5.74) is 3.38. The Balaban J connectivity index is 1.33. The fraction of sp³-hybridized carbons (Fsp3) is 0.444. The van der Waals surface area contributed by atoms with Gasteiger partial charge in [0.25, 0.3) is 0 Å². The molecule has 0 radical (unpaired) electrons. The van der Waals surface area contributed by atoms with E-state index in [0.29, 0.717) is 31.8 Å². The molecule has 1 N–H and O–H groups in total. The Bertz CT molecular complexity index is 935. The van der Waals surface area contributed by atoms with Crippen molar-refractivity contribution in [1.82, 2.24) is 0 Å². The van der Waals surface area contributed by atoms with Gasteiger partial charge in [0, 0.05) is 31.4 Å². The molecule has 0 spiro atoms. The zero-order valence-electron chi connectivity index (χ0n) is 19.1. The predicted octanol–water partition coefficient (Wildman–Crippen LogP) is 3.92. The van der Waals surface area contributed by atoms with E-state index in [-0.39, 0.29) is 12.5 Å². The van der Waals surface area contributed by atoms with Gasteiger partial charge < -0.3 is 19.2 Å². The molecule has 1 fully saturated rings. The molecule has 4 rings (SSSR count). The van der Waals surface area contributed by atoms with Gasteiger partial charge in [0.2, 0.25) is 5.91 Å². The van der Waals surface area contributed by atoms with Gasteiger partial charge in [0.1, 0.15) is 25.0 Å². The van der Waals surface area contributed by atoms with Gasteiger partial charge in [-0.3, -0.25) is 4.79 Å². The molecule has 32 heavy (non-hydrogen) atoms. The number of benzene rings is 2. The van der Waals surface area contributed by atoms with Crippen LogP contribution in [0.25, 0.3) is 0 Å². The Morgan fingerprint density at radius 1 is 1.16 bits per heavy atom. The molecule has 1 saturated heterocycles. The lowest BCUT2D eigenvalue weighted by Crippen LogP contribution is -2.54. The molecule has 0 aromatic heterocycles. The van der Waals surface area contributed by atoms with Gasteiger partial charge in [0.15, 0.2) is 0 Å². The van der Waals surface area contributed by atoms with Crippen LogP contribution in [0.2, 0.25) is 0 Å². The number of carbonyl (C=O) groups excluding carboxylic acids is 1. The van der Waals surface area contributed by atoms with Gasteiger partial charge in [-0.15, -0.1) is 6.58 Å². The Morgan fingerprint density at radius 3 is 2.62 bits per heavy atom. The molecule has 0 bridgehead atoms. The number of amides is 1. The second-order valence-electron chi connectivity index (χ2n) is 9.45. The lowest BCUT2D eigenvalue weighted by Gasteiger charge is -2.41. The summed E-state index contributed by atoms with van der Waals surface area (Å²) in [7, 11) is 2.24. The van der Waals surface area contributed by atoms with Crippen LogP contribution in [0, 0.1) is 0 Å². The van der Waals surface area contributed by atoms with E-state index in [4.69, 9.17) is 4.74 Å². The van der Waals surface area contributed by atoms with E-state index in [1.165, 1.54) is 5.56 Å². The molecule has 1 unspecified atom stereocenters. The van der Waals surface area contributed by atoms with E-state index >= 15 is 0 Å². The summed E-state index contributed by atoms with van der Waals surface area (Å²) >= 11 is 0. The van der Waals surface area contributed by atoms with Crippen molar-refractivity contribution in [2.45, 2.75) is 37.7 Å². The van der Waals surface area contributed by atoms with Crippen molar-refractivity contribution in [3.8, 4) is 5.75 Å². The van der Waals surface area contributed by atoms with Crippen molar-refractivity contribution in [3.63, 3.8) is 0 Å². The van der Waals surface area contributed by atoms with Crippen LogP contribution in [0.15, 0.2) is 61.2 Å². The number of quaternary nitrogens is 1. The second kappa shape index (κ2) is 9.88. The quantitative estimate of drug-likeness (QED) is 0.505. The zero-order valence-corrected chi connectivity index (χ0v) is 19.1. The highest BCUT2D eigenvalue weighted by Gasteiger charge is 2.33. The van der Waals surface area contributed by atoms with E-state index in [2.05, 4.69) is 44.0 Å². The molecule has 1 atom stereocenters. The highest BCUT2D eigenvalue weighted by Crippen LogP contribution is 2.35. The van der Waals surface area contributed by atoms with E-state index in [1.54, 1.807) is 11.0 Å². The van der Waals surface area contributed by atoms with E-state index < -0.39 is 6.10 Å². The molecule has 2 aliphatic heterocycles. The first-order valence-electron chi connectivity index (χ1n) is 11.7. The first kappa shape index (κ1) is 22.6. The van der Waals surface area contributed by atoms with Crippen molar-refractivity contribution in [2.75, 3.05) is 44.7 Å². The van der Waals surface area contributed by atoms with Crippen LogP contribution in [0.3, 0.4) is 0 Å². The van der Waals surface area contributed by atoms with Crippen molar-refractivity contribution < 1.29 is 19.1 Å². The highest BCUT2D eigenvalue weighted by molar-refractivity contribution is 5.97. The van der Waals surface area contributed by atoms with Gasteiger partial charge in [-0.2, -0.15) is 0 Å². The maximum atomic E-state index is 12.3. The normalized spacial score (nSPS) is 24.0. The standard InChI is InChI=1S/C27H35N2O3/c1-3-16-28-25-10-7-11-26(24(25)12-13-27(28)31)32-20-23(30)19-29(2)17-14-22(15-18-29)21-8-5-4-6-9-21/h3-11,22-23,30H,1,12-20H2,2H3/q+1. The van der Waals surface area contributed by atoms with Gasteiger partial charge in [-0.05, 0) is 30.0 Å². The maximum Gasteiger partial charge on any atom is 0.227 e. The number of hydrogen-bond donors (Lipinski definition) is 1. The minimum atomic E-state index is -0.529. The molecule has 0 aliphatic carbocycles. The average Bonchev–Trinajstić information content (AvgIpc) is 2.80. The molecule has 1 amide bonds. The predicted molar refractivity (Wildman–Crippen MR) is 128 cm³/mol. The molecular weight excluding hydrogens is 400 g/mol. The van der Waals surface area contributed by atoms with Crippen molar-refractivity contribution in [3.05, 3.63) is 72.3 Å². The minimum Gasteiger partial charge on any atom is -0.490 e. The SMILES string of the molecule is C=CCN1C(=O)CCc2c(OCC(O)C[N+]3(C)CCC(c4ccccc4)CC3)cccc21. The third-order valence-corrected chi connectivity index (χ3v) is 6.99. The molecule has 5 heteroatoms. The smallest absolute Gasteiger partial charge is 0.227 e. The first-order chi connectivity index (χ1) is 15.5. The summed E-state index contributed by atoms with van der Waals surface area (Å²) in [5, 5.41) is 10.8. The maximum absolute atomic E-state index is 12.3. The van der Waals surface area contributed by atoms with Gasteiger partial charge in [0.05, 0.1) is 25.8 Å². The Labute approximate surface area is 191 Å². The average molecular weight is 436 g/mol. The highest BCUT2D eigenvalue weighted by atomic mass is 16.5. The van der Waals surface area contributed by atoms with Crippen LogP contribution >= 0.6 is 0 Å². The summed E-state index contributed by atoms with van der Waals surface area (Å²) in [5.74, 6) is 1.51. The number of hydrogen-bond acceptors (Lipinski definition) is 3. The number of carbonyl (C=O) groups is 1. The Hall–Kier alpha value is -2.63. The number of ether oxygens (including phenoxy) is 1. The number of aliphatic hydroxyl groups is 1. The van der Waals surface area contributed by atoms with Crippen molar-refractivity contribution >= 4 is 11.6 Å². The molecule has 5 nitrogen and oxygen atoms in total. The van der Waals surface area contributed by atoms with Gasteiger partial charge >= 0.3 is 0 Å². The van der Waals surface area contributed by atoms with Gasteiger partial charge in [-0.25, -0.2) is 0 Å². The van der Waals surface area contributed by atoms with E-state index in [9.17, 15) is 9.90 Å². The van der Waals surface area contributed by atoms with Crippen molar-refractivity contribution in [1.29, 1.82) is 0 Å². The Kier molecular flexibility index (Phi) is 6.97. The monoisotopic (exact) mass is 435 g/mol. The van der Waals surface area contributed by atoms with Crippen LogP contribution < -0.4 is 9.64 Å². The van der Waals surface area contributed by atoms with Crippen LogP contribution in [-0.2, 0) is 11.2 Å². The van der Waals surface area contributed by atoms with Crippen LogP contribution in [0.1, 0.15) is 36.3 Å². The number of piperidine rings is 1. The number of aliphatic hydroxyl groups excluding tert-OH is 1. The fourth-order valence-electron chi connectivity index (χ4n) is 5.20. The minimum absolute atomic E-state index is 0.117. The molecule has 170 valence electrons. The third kappa shape index (κ3) is 5.05. The number of likely N-dealkylation sites (tertiary alicyclic amines) is 1. The molecule has 2 heterocycles. The third-order valence-electron chi connectivity index (χ3n) is 6.99. The zero-order chi connectivity index (χ0) is 22.6. The molecule has 2 aliphatic rings. The number of anilines is 1. The van der Waals surface area contributed by atoms with Crippen LogP contribution in [0.4, 0.5) is 5.69 Å². The fourth-order valence-corrected chi connectivity index (χ4v) is 5.20. The van der Waals surface area contributed by atoms with Crippen LogP contribution in [0.5, 0.6) is 5.75 Å². The number of rotatable bonds is 8. The number of nitrogens with zero attached hydrogens (tertiary/aromatic N) is 2. The summed E-state index contributed by atoms with van der Waals surface area (Å²) in [4.78, 5) is 14.1. The lowest BCUT2D eigenvalue weighted by molar-refractivity contribution is -0.917. The topological polar surface area (TPSA) is 49.8 Å². The molecule has 2 aromatic rings.